The largest absolute Gasteiger partial charge is 0.489 e. The molecule has 0 heterocycles. The Morgan fingerprint density at radius 2 is 1.47 bits per heavy atom. The van der Waals surface area contributed by atoms with Crippen molar-refractivity contribution in [2.45, 2.75) is 65.3 Å². The molecule has 0 unspecified atom stereocenters. The molecule has 32 heavy (non-hydrogen) atoms. The fourth-order valence-electron chi connectivity index (χ4n) is 4.34. The molecule has 3 aromatic rings. The van der Waals surface area contributed by atoms with E-state index in [-0.39, 0.29) is 11.5 Å². The van der Waals surface area contributed by atoms with Crippen LogP contribution in [0.15, 0.2) is 78.9 Å². The lowest BCUT2D eigenvalue weighted by Gasteiger charge is -2.32. The fraction of sp³-hybridized carbons (Fsp3) is 0.379. The van der Waals surface area contributed by atoms with E-state index in [1.807, 2.05) is 48.5 Å². The molecule has 0 aliphatic carbocycles. The smallest absolute Gasteiger partial charge is 0.123 e. The molecule has 0 aliphatic heterocycles. The predicted molar refractivity (Wildman–Crippen MR) is 133 cm³/mol. The Morgan fingerprint density at radius 3 is 2.06 bits per heavy atom. The molecular weight excluding hydrogens is 394 g/mol. The molecule has 0 aromatic heterocycles. The maximum atomic E-state index is 10.1. The van der Waals surface area contributed by atoms with Gasteiger partial charge in [0.25, 0.3) is 0 Å². The van der Waals surface area contributed by atoms with E-state index in [1.54, 1.807) is 18.2 Å². The van der Waals surface area contributed by atoms with E-state index >= 15 is 0 Å². The summed E-state index contributed by atoms with van der Waals surface area (Å²) in [4.78, 5) is 2.47. The van der Waals surface area contributed by atoms with Crippen molar-refractivity contribution in [3.05, 3.63) is 101 Å². The number of nitrogens with zero attached hydrogens (tertiary/aromatic N) is 1. The Morgan fingerprint density at radius 1 is 0.844 bits per heavy atom. The van der Waals surface area contributed by atoms with Crippen molar-refractivity contribution in [3.63, 3.8) is 0 Å². The van der Waals surface area contributed by atoms with Crippen molar-refractivity contribution < 1.29 is 12.6 Å². The number of ether oxygens (including phenoxy) is 1. The van der Waals surface area contributed by atoms with Crippen LogP contribution in [0.25, 0.3) is 0 Å². The molecule has 0 saturated heterocycles. The minimum atomic E-state index is -2.42. The second-order valence-corrected chi connectivity index (χ2v) is 8.82. The molecule has 170 valence electrons. The summed E-state index contributed by atoms with van der Waals surface area (Å²) >= 11 is 0. The zero-order valence-corrected chi connectivity index (χ0v) is 19.7. The standard InChI is InChI=1S/C29H37NO2/c1-22(2)30(23(3)4)18-17-27(26-13-9-6-10-14-26)28-19-25(20-31)15-16-29(28)32-21-24-11-7-5-8-12-24/h5-16,19,22-23,27,31H,17-18,20-21H2,1-4H3/t27-/m1/s1/i20D2. The van der Waals surface area contributed by atoms with Crippen molar-refractivity contribution in [2.75, 3.05) is 6.54 Å². The lowest BCUT2D eigenvalue weighted by Crippen LogP contribution is -2.38. The topological polar surface area (TPSA) is 32.7 Å². The fourth-order valence-corrected chi connectivity index (χ4v) is 4.34. The van der Waals surface area contributed by atoms with E-state index in [0.717, 1.165) is 29.7 Å². The first-order valence-electron chi connectivity index (χ1n) is 12.5. The monoisotopic (exact) mass is 433 g/mol. The second kappa shape index (κ2) is 11.8. The van der Waals surface area contributed by atoms with Crippen LogP contribution in [0.3, 0.4) is 0 Å². The lowest BCUT2D eigenvalue weighted by atomic mass is 9.86. The van der Waals surface area contributed by atoms with Gasteiger partial charge in [0.05, 0.1) is 9.30 Å². The predicted octanol–water partition coefficient (Wildman–Crippen LogP) is 6.40. The average molecular weight is 434 g/mol. The first kappa shape index (κ1) is 21.2. The summed E-state index contributed by atoms with van der Waals surface area (Å²) in [6, 6.07) is 26.3. The highest BCUT2D eigenvalue weighted by molar-refractivity contribution is 5.44. The summed E-state index contributed by atoms with van der Waals surface area (Å²) in [5.74, 6) is 0.709. The van der Waals surface area contributed by atoms with Crippen LogP contribution in [-0.2, 0) is 13.2 Å². The SMILES string of the molecule is [2H]C([2H])(O)c1ccc(OCc2ccccc2)c([C@H](CCN(C(C)C)C(C)C)c2ccccc2)c1. The highest BCUT2D eigenvalue weighted by Crippen LogP contribution is 2.36. The van der Waals surface area contributed by atoms with E-state index in [0.29, 0.717) is 24.4 Å². The summed E-state index contributed by atoms with van der Waals surface area (Å²) < 4.78 is 22.0. The molecule has 1 atom stereocenters. The van der Waals surface area contributed by atoms with Crippen LogP contribution in [0.2, 0.25) is 0 Å². The van der Waals surface area contributed by atoms with Crippen LogP contribution < -0.4 is 4.74 Å². The van der Waals surface area contributed by atoms with Crippen LogP contribution in [0, 0.1) is 0 Å². The third-order valence-electron chi connectivity index (χ3n) is 5.96. The van der Waals surface area contributed by atoms with Gasteiger partial charge in [-0.15, -0.1) is 0 Å². The molecule has 0 saturated carbocycles. The molecule has 1 N–H and O–H groups in total. The van der Waals surface area contributed by atoms with Gasteiger partial charge in [0, 0.05) is 23.6 Å². The Labute approximate surface area is 196 Å². The molecule has 0 aliphatic rings. The molecule has 3 heteroatoms. The quantitative estimate of drug-likeness (QED) is 0.380. The maximum absolute atomic E-state index is 10.1. The average Bonchev–Trinajstić information content (AvgIpc) is 2.80. The Kier molecular flexibility index (Phi) is 7.86. The molecule has 0 bridgehead atoms. The molecule has 3 nitrogen and oxygen atoms in total. The molecule has 0 radical (unpaired) electrons. The van der Waals surface area contributed by atoms with Gasteiger partial charge in [0.1, 0.15) is 12.4 Å². The maximum Gasteiger partial charge on any atom is 0.123 e. The third-order valence-corrected chi connectivity index (χ3v) is 5.96. The van der Waals surface area contributed by atoms with Gasteiger partial charge in [-0.25, -0.2) is 0 Å². The minimum absolute atomic E-state index is 0.00530. The van der Waals surface area contributed by atoms with Crippen molar-refractivity contribution in [3.8, 4) is 5.75 Å². The first-order chi connectivity index (χ1) is 16.2. The van der Waals surface area contributed by atoms with Crippen LogP contribution in [0.5, 0.6) is 5.75 Å². The number of hydrogen-bond donors (Lipinski definition) is 1. The van der Waals surface area contributed by atoms with Crippen LogP contribution in [0.1, 0.15) is 65.0 Å². The third kappa shape index (κ3) is 6.44. The van der Waals surface area contributed by atoms with E-state index in [9.17, 15) is 5.11 Å². The van der Waals surface area contributed by atoms with Crippen molar-refractivity contribution >= 4 is 0 Å². The van der Waals surface area contributed by atoms with Gasteiger partial charge in [-0.1, -0.05) is 66.7 Å². The van der Waals surface area contributed by atoms with Crippen LogP contribution >= 0.6 is 0 Å². The van der Waals surface area contributed by atoms with Gasteiger partial charge in [-0.3, -0.25) is 4.90 Å². The lowest BCUT2D eigenvalue weighted by molar-refractivity contribution is 0.170. The first-order valence-corrected chi connectivity index (χ1v) is 11.5. The Balaban J connectivity index is 2.02. The Bertz CT molecular complexity index is 1010. The number of hydrogen-bond acceptors (Lipinski definition) is 3. The van der Waals surface area contributed by atoms with Crippen LogP contribution in [-0.4, -0.2) is 28.6 Å². The highest BCUT2D eigenvalue weighted by Gasteiger charge is 2.22. The van der Waals surface area contributed by atoms with Gasteiger partial charge in [0.15, 0.2) is 0 Å². The molecule has 0 amide bonds. The van der Waals surface area contributed by atoms with Crippen molar-refractivity contribution in [2.24, 2.45) is 0 Å². The number of benzene rings is 3. The molecule has 3 rings (SSSR count). The molecular formula is C29H37NO2. The van der Waals surface area contributed by atoms with Gasteiger partial charge in [0.2, 0.25) is 0 Å². The summed E-state index contributed by atoms with van der Waals surface area (Å²) in [5, 5.41) is 10.1. The summed E-state index contributed by atoms with van der Waals surface area (Å²) in [5.41, 5.74) is 3.34. The normalized spacial score (nSPS) is 13.9. The van der Waals surface area contributed by atoms with E-state index < -0.39 is 6.56 Å². The summed E-state index contributed by atoms with van der Waals surface area (Å²) in [6.45, 7) is 7.75. The van der Waals surface area contributed by atoms with E-state index in [1.165, 1.54) is 0 Å². The molecule has 0 fully saturated rings. The summed E-state index contributed by atoms with van der Waals surface area (Å²) in [7, 11) is 0. The molecule has 3 aromatic carbocycles. The minimum Gasteiger partial charge on any atom is -0.489 e. The van der Waals surface area contributed by atoms with Crippen LogP contribution in [0.4, 0.5) is 0 Å². The van der Waals surface area contributed by atoms with Crippen molar-refractivity contribution in [1.29, 1.82) is 0 Å². The molecule has 0 spiro atoms. The second-order valence-electron chi connectivity index (χ2n) is 8.82. The number of aliphatic hydroxyl groups is 1. The van der Waals surface area contributed by atoms with Gasteiger partial charge >= 0.3 is 0 Å². The van der Waals surface area contributed by atoms with E-state index in [4.69, 9.17) is 7.48 Å². The van der Waals surface area contributed by atoms with E-state index in [2.05, 4.69) is 44.7 Å². The Hall–Kier alpha value is -2.62. The summed E-state index contributed by atoms with van der Waals surface area (Å²) in [6.07, 6.45) is 0.847. The number of rotatable bonds is 11. The highest BCUT2D eigenvalue weighted by atomic mass is 16.5. The van der Waals surface area contributed by atoms with Gasteiger partial charge in [-0.2, -0.15) is 0 Å². The zero-order valence-electron chi connectivity index (χ0n) is 21.7. The van der Waals surface area contributed by atoms with Gasteiger partial charge < -0.3 is 9.84 Å². The van der Waals surface area contributed by atoms with Crippen molar-refractivity contribution in [1.82, 2.24) is 4.90 Å². The zero-order chi connectivity index (χ0) is 24.7. The van der Waals surface area contributed by atoms with Gasteiger partial charge in [-0.05, 0) is 69.5 Å².